The smallest absolute Gasteiger partial charge is 0.230 e. The van der Waals surface area contributed by atoms with Gasteiger partial charge in [-0.25, -0.2) is 4.39 Å². The first-order chi connectivity index (χ1) is 16.6. The van der Waals surface area contributed by atoms with Gasteiger partial charge in [0.15, 0.2) is 11.0 Å². The number of hydrogen-bond acceptors (Lipinski definition) is 5. The van der Waals surface area contributed by atoms with Crippen LogP contribution < -0.4 is 10.1 Å². The number of halogens is 1. The molecule has 1 heterocycles. The standard InChI is InChI=1S/C26H25FN4O2S/c1-33-23-13-7-19(8-14-23)15-16-28-24(32)18-34-26-30-29-25(21-9-11-22(27)12-10-21)31(26)17-20-5-3-2-4-6-20/h2-14H,15-18H2,1H3,(H,28,32). The molecule has 0 saturated heterocycles. The summed E-state index contributed by atoms with van der Waals surface area (Å²) in [6, 6.07) is 23.9. The summed E-state index contributed by atoms with van der Waals surface area (Å²) in [5.41, 5.74) is 2.97. The SMILES string of the molecule is COc1ccc(CCNC(=O)CSc2nnc(-c3ccc(F)cc3)n2Cc2ccccc2)cc1. The van der Waals surface area contributed by atoms with Crippen molar-refractivity contribution in [3.8, 4) is 17.1 Å². The number of ether oxygens (including phenoxy) is 1. The average molecular weight is 477 g/mol. The summed E-state index contributed by atoms with van der Waals surface area (Å²) < 4.78 is 20.5. The van der Waals surface area contributed by atoms with E-state index in [0.717, 1.165) is 28.9 Å². The van der Waals surface area contributed by atoms with Crippen molar-refractivity contribution in [1.29, 1.82) is 0 Å². The highest BCUT2D eigenvalue weighted by atomic mass is 32.2. The van der Waals surface area contributed by atoms with Crippen LogP contribution in [0.3, 0.4) is 0 Å². The Morgan fingerprint density at radius 3 is 2.41 bits per heavy atom. The number of nitrogens with one attached hydrogen (secondary N) is 1. The molecule has 0 atom stereocenters. The van der Waals surface area contributed by atoms with Gasteiger partial charge in [0.05, 0.1) is 19.4 Å². The lowest BCUT2D eigenvalue weighted by Gasteiger charge is -2.11. The van der Waals surface area contributed by atoms with E-state index >= 15 is 0 Å². The molecule has 4 aromatic rings. The first-order valence-corrected chi connectivity index (χ1v) is 11.9. The summed E-state index contributed by atoms with van der Waals surface area (Å²) in [7, 11) is 1.64. The molecule has 8 heteroatoms. The third kappa shape index (κ3) is 6.23. The lowest BCUT2D eigenvalue weighted by Crippen LogP contribution is -2.27. The first kappa shape index (κ1) is 23.5. The molecule has 1 N–H and O–H groups in total. The fourth-order valence-corrected chi connectivity index (χ4v) is 4.20. The predicted octanol–water partition coefficient (Wildman–Crippen LogP) is 4.59. The molecule has 0 aliphatic carbocycles. The van der Waals surface area contributed by atoms with E-state index in [0.29, 0.717) is 24.1 Å². The third-order valence-electron chi connectivity index (χ3n) is 5.23. The Balaban J connectivity index is 1.40. The van der Waals surface area contributed by atoms with Crippen molar-refractivity contribution in [1.82, 2.24) is 20.1 Å². The highest BCUT2D eigenvalue weighted by Gasteiger charge is 2.16. The fourth-order valence-electron chi connectivity index (χ4n) is 3.44. The van der Waals surface area contributed by atoms with Crippen molar-refractivity contribution in [3.05, 3.63) is 95.8 Å². The Morgan fingerprint density at radius 2 is 1.71 bits per heavy atom. The van der Waals surface area contributed by atoms with Crippen LogP contribution in [0.4, 0.5) is 4.39 Å². The van der Waals surface area contributed by atoms with Crippen molar-refractivity contribution < 1.29 is 13.9 Å². The summed E-state index contributed by atoms with van der Waals surface area (Å²) in [6.45, 7) is 1.09. The third-order valence-corrected chi connectivity index (χ3v) is 6.20. The quantitative estimate of drug-likeness (QED) is 0.339. The molecule has 0 aliphatic heterocycles. The second kappa shape index (κ2) is 11.5. The molecule has 0 bridgehead atoms. The van der Waals surface area contributed by atoms with Crippen molar-refractivity contribution in [3.63, 3.8) is 0 Å². The van der Waals surface area contributed by atoms with Crippen LogP contribution in [0.15, 0.2) is 84.0 Å². The average Bonchev–Trinajstić information content (AvgIpc) is 3.26. The van der Waals surface area contributed by atoms with Crippen LogP contribution in [-0.4, -0.2) is 40.1 Å². The highest BCUT2D eigenvalue weighted by molar-refractivity contribution is 7.99. The number of methoxy groups -OCH3 is 1. The Kier molecular flexibility index (Phi) is 7.93. The van der Waals surface area contributed by atoms with Gasteiger partial charge < -0.3 is 10.1 Å². The van der Waals surface area contributed by atoms with Gasteiger partial charge in [-0.15, -0.1) is 10.2 Å². The molecule has 0 spiro atoms. The van der Waals surface area contributed by atoms with Gasteiger partial charge in [-0.3, -0.25) is 9.36 Å². The molecule has 4 rings (SSSR count). The molecule has 0 fully saturated rings. The summed E-state index contributed by atoms with van der Waals surface area (Å²) in [5.74, 6) is 1.28. The van der Waals surface area contributed by atoms with Crippen LogP contribution in [0.5, 0.6) is 5.75 Å². The minimum atomic E-state index is -0.307. The number of carbonyl (C=O) groups excluding carboxylic acids is 1. The molecule has 0 aliphatic rings. The summed E-state index contributed by atoms with van der Waals surface area (Å²) in [4.78, 5) is 12.4. The van der Waals surface area contributed by atoms with Crippen molar-refractivity contribution in [2.24, 2.45) is 0 Å². The van der Waals surface area contributed by atoms with Crippen LogP contribution in [0.25, 0.3) is 11.4 Å². The van der Waals surface area contributed by atoms with E-state index in [1.165, 1.54) is 23.9 Å². The summed E-state index contributed by atoms with van der Waals surface area (Å²) in [5, 5.41) is 12.2. The number of carbonyl (C=O) groups is 1. The number of nitrogens with zero attached hydrogens (tertiary/aromatic N) is 3. The lowest BCUT2D eigenvalue weighted by molar-refractivity contribution is -0.118. The maximum absolute atomic E-state index is 13.4. The zero-order valence-electron chi connectivity index (χ0n) is 18.8. The van der Waals surface area contributed by atoms with Crippen LogP contribution in [0, 0.1) is 5.82 Å². The Bertz CT molecular complexity index is 1210. The van der Waals surface area contributed by atoms with Gasteiger partial charge in [0.2, 0.25) is 5.91 Å². The van der Waals surface area contributed by atoms with Gasteiger partial charge in [-0.05, 0) is 53.9 Å². The molecule has 6 nitrogen and oxygen atoms in total. The number of hydrogen-bond donors (Lipinski definition) is 1. The van der Waals surface area contributed by atoms with Crippen LogP contribution in [0.1, 0.15) is 11.1 Å². The molecule has 0 radical (unpaired) electrons. The molecule has 1 amide bonds. The molecule has 0 saturated carbocycles. The monoisotopic (exact) mass is 476 g/mol. The van der Waals surface area contributed by atoms with Crippen molar-refractivity contribution in [2.75, 3.05) is 19.4 Å². The largest absolute Gasteiger partial charge is 0.497 e. The van der Waals surface area contributed by atoms with E-state index < -0.39 is 0 Å². The van der Waals surface area contributed by atoms with Crippen LogP contribution in [-0.2, 0) is 17.8 Å². The Hall–Kier alpha value is -3.65. The first-order valence-electron chi connectivity index (χ1n) is 10.9. The maximum Gasteiger partial charge on any atom is 0.230 e. The second-order valence-corrected chi connectivity index (χ2v) is 8.56. The summed E-state index contributed by atoms with van der Waals surface area (Å²) in [6.07, 6.45) is 0.735. The van der Waals surface area contributed by atoms with E-state index in [1.54, 1.807) is 19.2 Å². The predicted molar refractivity (Wildman–Crippen MR) is 131 cm³/mol. The van der Waals surface area contributed by atoms with Crippen LogP contribution in [0.2, 0.25) is 0 Å². The number of aromatic nitrogens is 3. The maximum atomic E-state index is 13.4. The van der Waals surface area contributed by atoms with Gasteiger partial charge >= 0.3 is 0 Å². The molecule has 1 aromatic heterocycles. The topological polar surface area (TPSA) is 69.0 Å². The van der Waals surface area contributed by atoms with E-state index in [2.05, 4.69) is 15.5 Å². The molecular weight excluding hydrogens is 451 g/mol. The number of rotatable bonds is 10. The molecule has 0 unspecified atom stereocenters. The number of benzene rings is 3. The van der Waals surface area contributed by atoms with Gasteiger partial charge in [-0.2, -0.15) is 0 Å². The summed E-state index contributed by atoms with van der Waals surface area (Å²) >= 11 is 1.33. The fraction of sp³-hybridized carbons (Fsp3) is 0.192. The van der Waals surface area contributed by atoms with Gasteiger partial charge in [-0.1, -0.05) is 54.2 Å². The molecule has 34 heavy (non-hydrogen) atoms. The van der Waals surface area contributed by atoms with Crippen molar-refractivity contribution in [2.45, 2.75) is 18.1 Å². The molecule has 3 aromatic carbocycles. The van der Waals surface area contributed by atoms with Gasteiger partial charge in [0, 0.05) is 12.1 Å². The lowest BCUT2D eigenvalue weighted by atomic mass is 10.1. The zero-order valence-corrected chi connectivity index (χ0v) is 19.6. The van der Waals surface area contributed by atoms with E-state index in [9.17, 15) is 9.18 Å². The number of amides is 1. The highest BCUT2D eigenvalue weighted by Crippen LogP contribution is 2.25. The van der Waals surface area contributed by atoms with E-state index in [-0.39, 0.29) is 17.5 Å². The van der Waals surface area contributed by atoms with Gasteiger partial charge in [0.1, 0.15) is 11.6 Å². The Labute approximate surface area is 202 Å². The zero-order chi connectivity index (χ0) is 23.8. The van der Waals surface area contributed by atoms with E-state index in [1.807, 2.05) is 59.2 Å². The minimum absolute atomic E-state index is 0.0731. The van der Waals surface area contributed by atoms with Crippen LogP contribution >= 0.6 is 11.8 Å². The van der Waals surface area contributed by atoms with Crippen molar-refractivity contribution >= 4 is 17.7 Å². The van der Waals surface area contributed by atoms with E-state index in [4.69, 9.17) is 4.74 Å². The molecular formula is C26H25FN4O2S. The Morgan fingerprint density at radius 1 is 0.971 bits per heavy atom. The second-order valence-electron chi connectivity index (χ2n) is 7.62. The number of thioether (sulfide) groups is 1. The minimum Gasteiger partial charge on any atom is -0.497 e. The van der Waals surface area contributed by atoms with Gasteiger partial charge in [0.25, 0.3) is 0 Å². The molecule has 174 valence electrons. The normalized spacial score (nSPS) is 10.8.